The Morgan fingerprint density at radius 2 is 1.89 bits per heavy atom. The first-order valence-electron chi connectivity index (χ1n) is 5.90. The third-order valence-corrected chi connectivity index (χ3v) is 4.49. The zero-order chi connectivity index (χ0) is 13.9. The van der Waals surface area contributed by atoms with Crippen LogP contribution in [0.15, 0.2) is 17.3 Å². The smallest absolute Gasteiger partial charge is 0.245 e. The molecular weight excluding hydrogens is 252 g/mol. The third kappa shape index (κ3) is 3.54. The van der Waals surface area contributed by atoms with Gasteiger partial charge >= 0.3 is 0 Å². The van der Waals surface area contributed by atoms with Crippen molar-refractivity contribution in [3.63, 3.8) is 0 Å². The van der Waals surface area contributed by atoms with Gasteiger partial charge in [0, 0.05) is 32.4 Å². The molecule has 1 aromatic heterocycles. The molecular formula is C11H22N4O2S. The minimum atomic E-state index is -3.42. The van der Waals surface area contributed by atoms with Gasteiger partial charge in [-0.3, -0.25) is 4.68 Å². The maximum atomic E-state index is 12.2. The van der Waals surface area contributed by atoms with Crippen molar-refractivity contribution in [3.8, 4) is 0 Å². The Hall–Kier alpha value is -0.920. The highest BCUT2D eigenvalue weighted by atomic mass is 32.2. The van der Waals surface area contributed by atoms with Crippen molar-refractivity contribution in [1.82, 2.24) is 19.0 Å². The SMILES string of the molecule is CC(C)n1cc(S(=O)(=O)N(C)CCN(C)C)cn1. The number of nitrogens with zero attached hydrogens (tertiary/aromatic N) is 4. The van der Waals surface area contributed by atoms with Crippen LogP contribution in [0.25, 0.3) is 0 Å². The Kier molecular flexibility index (Phi) is 4.89. The highest BCUT2D eigenvalue weighted by molar-refractivity contribution is 7.89. The van der Waals surface area contributed by atoms with E-state index in [4.69, 9.17) is 0 Å². The molecule has 1 rings (SSSR count). The first-order chi connectivity index (χ1) is 8.25. The monoisotopic (exact) mass is 274 g/mol. The molecule has 1 aromatic rings. The van der Waals surface area contributed by atoms with Gasteiger partial charge in [-0.1, -0.05) is 0 Å². The first-order valence-corrected chi connectivity index (χ1v) is 7.34. The van der Waals surface area contributed by atoms with Crippen molar-refractivity contribution in [3.05, 3.63) is 12.4 Å². The molecule has 0 fully saturated rings. The predicted octanol–water partition coefficient (Wildman–Crippen LogP) is 0.646. The molecule has 0 unspecified atom stereocenters. The summed E-state index contributed by atoms with van der Waals surface area (Å²) in [6.07, 6.45) is 2.98. The number of hydrogen-bond donors (Lipinski definition) is 0. The summed E-state index contributed by atoms with van der Waals surface area (Å²) in [6.45, 7) is 5.06. The fourth-order valence-electron chi connectivity index (χ4n) is 1.38. The molecule has 0 radical (unpaired) electrons. The van der Waals surface area contributed by atoms with Gasteiger partial charge in [0.2, 0.25) is 10.0 Å². The van der Waals surface area contributed by atoms with Crippen molar-refractivity contribution in [1.29, 1.82) is 0 Å². The van der Waals surface area contributed by atoms with Crippen molar-refractivity contribution in [2.24, 2.45) is 0 Å². The van der Waals surface area contributed by atoms with Gasteiger partial charge in [-0.2, -0.15) is 9.40 Å². The maximum Gasteiger partial charge on any atom is 0.245 e. The number of rotatable bonds is 6. The molecule has 0 bridgehead atoms. The van der Waals surface area contributed by atoms with E-state index in [0.717, 1.165) is 0 Å². The highest BCUT2D eigenvalue weighted by Crippen LogP contribution is 2.15. The summed E-state index contributed by atoms with van der Waals surface area (Å²) < 4.78 is 27.5. The fraction of sp³-hybridized carbons (Fsp3) is 0.727. The Bertz CT molecular complexity index is 479. The predicted molar refractivity (Wildman–Crippen MR) is 71.0 cm³/mol. The summed E-state index contributed by atoms with van der Waals surface area (Å²) in [5.74, 6) is 0. The van der Waals surface area contributed by atoms with E-state index >= 15 is 0 Å². The van der Waals surface area contributed by atoms with Crippen LogP contribution in [-0.2, 0) is 10.0 Å². The maximum absolute atomic E-state index is 12.2. The molecule has 18 heavy (non-hydrogen) atoms. The van der Waals surface area contributed by atoms with Crippen molar-refractivity contribution in [2.45, 2.75) is 24.8 Å². The largest absolute Gasteiger partial charge is 0.308 e. The van der Waals surface area contributed by atoms with Crippen molar-refractivity contribution in [2.75, 3.05) is 34.2 Å². The molecule has 0 atom stereocenters. The second kappa shape index (κ2) is 5.81. The van der Waals surface area contributed by atoms with Gasteiger partial charge in [-0.15, -0.1) is 0 Å². The molecule has 0 saturated heterocycles. The average Bonchev–Trinajstić information content (AvgIpc) is 2.75. The van der Waals surface area contributed by atoms with E-state index in [2.05, 4.69) is 5.10 Å². The number of aromatic nitrogens is 2. The van der Waals surface area contributed by atoms with Gasteiger partial charge in [0.25, 0.3) is 0 Å². The van der Waals surface area contributed by atoms with Crippen LogP contribution in [-0.4, -0.2) is 61.6 Å². The Morgan fingerprint density at radius 3 is 2.33 bits per heavy atom. The normalized spacial score (nSPS) is 12.9. The van der Waals surface area contributed by atoms with Crippen LogP contribution in [0.4, 0.5) is 0 Å². The topological polar surface area (TPSA) is 58.4 Å². The third-order valence-electron chi connectivity index (χ3n) is 2.68. The lowest BCUT2D eigenvalue weighted by molar-refractivity contribution is 0.358. The van der Waals surface area contributed by atoms with Gasteiger partial charge < -0.3 is 4.90 Å². The van der Waals surface area contributed by atoms with E-state index in [0.29, 0.717) is 13.1 Å². The quantitative estimate of drug-likeness (QED) is 0.764. The molecule has 0 aliphatic rings. The summed E-state index contributed by atoms with van der Waals surface area (Å²) in [7, 11) is 1.99. The van der Waals surface area contributed by atoms with Gasteiger partial charge in [-0.05, 0) is 27.9 Å². The summed E-state index contributed by atoms with van der Waals surface area (Å²) in [5, 5.41) is 4.06. The highest BCUT2D eigenvalue weighted by Gasteiger charge is 2.22. The standard InChI is InChI=1S/C11H22N4O2S/c1-10(2)15-9-11(8-12-15)18(16,17)14(5)7-6-13(3)4/h8-10H,6-7H2,1-5H3. The molecule has 0 spiro atoms. The second-order valence-electron chi connectivity index (χ2n) is 4.88. The fourth-order valence-corrected chi connectivity index (χ4v) is 2.48. The summed E-state index contributed by atoms with van der Waals surface area (Å²) >= 11 is 0. The number of likely N-dealkylation sites (N-methyl/N-ethyl adjacent to an activating group) is 2. The van der Waals surface area contributed by atoms with Crippen molar-refractivity contribution < 1.29 is 8.42 Å². The van der Waals surface area contributed by atoms with Gasteiger partial charge in [0.05, 0.1) is 6.20 Å². The lowest BCUT2D eigenvalue weighted by Crippen LogP contribution is -2.33. The lowest BCUT2D eigenvalue weighted by atomic mass is 10.4. The van der Waals surface area contributed by atoms with Crippen LogP contribution in [0.1, 0.15) is 19.9 Å². The molecule has 0 N–H and O–H groups in total. The average molecular weight is 274 g/mol. The van der Waals surface area contributed by atoms with Crippen LogP contribution in [0.2, 0.25) is 0 Å². The van der Waals surface area contributed by atoms with E-state index in [1.54, 1.807) is 17.9 Å². The van der Waals surface area contributed by atoms with E-state index < -0.39 is 10.0 Å². The number of sulfonamides is 1. The van der Waals surface area contributed by atoms with E-state index in [1.807, 2.05) is 32.8 Å². The first kappa shape index (κ1) is 15.1. The van der Waals surface area contributed by atoms with Gasteiger partial charge in [0.15, 0.2) is 0 Å². The Morgan fingerprint density at radius 1 is 1.28 bits per heavy atom. The van der Waals surface area contributed by atoms with Crippen LogP contribution < -0.4 is 0 Å². The Balaban J connectivity index is 2.84. The molecule has 7 heteroatoms. The van der Waals surface area contributed by atoms with E-state index in [9.17, 15) is 8.42 Å². The zero-order valence-corrected chi connectivity index (χ0v) is 12.5. The molecule has 6 nitrogen and oxygen atoms in total. The molecule has 104 valence electrons. The molecule has 0 aliphatic carbocycles. The number of hydrogen-bond acceptors (Lipinski definition) is 4. The molecule has 0 amide bonds. The Labute approximate surface area is 109 Å². The molecule has 0 aromatic carbocycles. The van der Waals surface area contributed by atoms with Crippen LogP contribution in [0.3, 0.4) is 0 Å². The minimum absolute atomic E-state index is 0.154. The van der Waals surface area contributed by atoms with Gasteiger partial charge in [0.1, 0.15) is 4.90 Å². The van der Waals surface area contributed by atoms with E-state index in [1.165, 1.54) is 10.5 Å². The van der Waals surface area contributed by atoms with Crippen LogP contribution >= 0.6 is 0 Å². The zero-order valence-electron chi connectivity index (χ0n) is 11.7. The summed E-state index contributed by atoms with van der Waals surface area (Å²) in [6, 6.07) is 0.154. The molecule has 0 saturated carbocycles. The van der Waals surface area contributed by atoms with Crippen LogP contribution in [0.5, 0.6) is 0 Å². The molecule has 1 heterocycles. The molecule has 0 aliphatic heterocycles. The van der Waals surface area contributed by atoms with E-state index in [-0.39, 0.29) is 10.9 Å². The van der Waals surface area contributed by atoms with Gasteiger partial charge in [-0.25, -0.2) is 8.42 Å². The lowest BCUT2D eigenvalue weighted by Gasteiger charge is -2.18. The van der Waals surface area contributed by atoms with Crippen LogP contribution in [0, 0.1) is 0 Å². The van der Waals surface area contributed by atoms with Crippen molar-refractivity contribution >= 4 is 10.0 Å². The summed E-state index contributed by atoms with van der Waals surface area (Å²) in [5.41, 5.74) is 0. The minimum Gasteiger partial charge on any atom is -0.308 e. The second-order valence-corrected chi connectivity index (χ2v) is 6.92. The summed E-state index contributed by atoms with van der Waals surface area (Å²) in [4.78, 5) is 2.20.